The number of amides is 1. The van der Waals surface area contributed by atoms with Crippen molar-refractivity contribution in [3.05, 3.63) is 102 Å². The molecule has 0 bridgehead atoms. The van der Waals surface area contributed by atoms with Gasteiger partial charge in [-0.2, -0.15) is 0 Å². The first kappa shape index (κ1) is 24.5. The number of hydrogen-bond acceptors (Lipinski definition) is 7. The fourth-order valence-electron chi connectivity index (χ4n) is 3.29. The maximum absolute atomic E-state index is 14.4. The number of nitrogens with zero attached hydrogens (tertiary/aromatic N) is 1. The number of carboxylic acid groups (broad SMARTS) is 1. The summed E-state index contributed by atoms with van der Waals surface area (Å²) in [4.78, 5) is 27.4. The molecule has 2 aromatic carbocycles. The molecule has 186 valence electrons. The van der Waals surface area contributed by atoms with E-state index in [0.717, 1.165) is 11.6 Å². The molecule has 3 aromatic rings. The number of rotatable bonds is 11. The molecule has 1 atom stereocenters. The van der Waals surface area contributed by atoms with Crippen molar-refractivity contribution in [3.8, 4) is 11.6 Å². The van der Waals surface area contributed by atoms with E-state index >= 15 is 0 Å². The molecule has 0 fully saturated rings. The summed E-state index contributed by atoms with van der Waals surface area (Å²) in [6.45, 7) is -0.178. The Hall–Kier alpha value is -4.60. The van der Waals surface area contributed by atoms with Gasteiger partial charge in [0.15, 0.2) is 6.26 Å². The predicted octanol–water partition coefficient (Wildman–Crippen LogP) is 3.80. The smallest absolute Gasteiger partial charge is 0.325 e. The summed E-state index contributed by atoms with van der Waals surface area (Å²) >= 11 is 0. The largest absolute Gasteiger partial charge is 0.493 e. The molecule has 9 nitrogen and oxygen atoms in total. The van der Waals surface area contributed by atoms with E-state index in [2.05, 4.69) is 10.3 Å². The summed E-state index contributed by atoms with van der Waals surface area (Å²) in [5.41, 5.74) is 1.38. The molecule has 1 unspecified atom stereocenters. The van der Waals surface area contributed by atoms with E-state index in [9.17, 15) is 14.0 Å². The molecule has 1 aromatic heterocycles. The monoisotopic (exact) mass is 494 g/mol. The van der Waals surface area contributed by atoms with E-state index in [4.69, 9.17) is 24.1 Å². The van der Waals surface area contributed by atoms with Crippen LogP contribution in [0.1, 0.15) is 27.9 Å². The molecular weight excluding hydrogens is 471 g/mol. The summed E-state index contributed by atoms with van der Waals surface area (Å²) in [5, 5.41) is 11.3. The third-order valence-electron chi connectivity index (χ3n) is 5.07. The Balaban J connectivity index is 1.32. The van der Waals surface area contributed by atoms with Gasteiger partial charge in [0, 0.05) is 30.8 Å². The SMILES string of the molecule is O=C(O)CCOc1ccc(CNC(=O)c2cccnc2OC2=COC(Cc3ccccc3)O2)c(F)c1. The lowest BCUT2D eigenvalue weighted by Crippen LogP contribution is -2.24. The third kappa shape index (κ3) is 6.72. The van der Waals surface area contributed by atoms with Crippen molar-refractivity contribution in [2.24, 2.45) is 0 Å². The van der Waals surface area contributed by atoms with Gasteiger partial charge in [0.2, 0.25) is 12.2 Å². The average Bonchev–Trinajstić information content (AvgIpc) is 3.30. The molecule has 0 aliphatic carbocycles. The van der Waals surface area contributed by atoms with Crippen LogP contribution >= 0.6 is 0 Å². The zero-order chi connectivity index (χ0) is 25.3. The van der Waals surface area contributed by atoms with Crippen molar-refractivity contribution in [3.63, 3.8) is 0 Å². The lowest BCUT2D eigenvalue weighted by molar-refractivity contribution is -0.137. The number of halogens is 1. The second kappa shape index (κ2) is 11.7. The van der Waals surface area contributed by atoms with Crippen LogP contribution in [0.5, 0.6) is 11.6 Å². The van der Waals surface area contributed by atoms with Crippen molar-refractivity contribution < 1.29 is 38.0 Å². The number of carboxylic acids is 1. The molecule has 0 spiro atoms. The molecule has 1 aliphatic rings. The van der Waals surface area contributed by atoms with Crippen LogP contribution in [-0.2, 0) is 27.2 Å². The highest BCUT2D eigenvalue weighted by atomic mass is 19.1. The summed E-state index contributed by atoms with van der Waals surface area (Å²) in [6.07, 6.45) is 2.53. The summed E-state index contributed by atoms with van der Waals surface area (Å²) < 4.78 is 36.4. The number of aromatic nitrogens is 1. The van der Waals surface area contributed by atoms with Gasteiger partial charge < -0.3 is 29.4 Å². The van der Waals surface area contributed by atoms with E-state index in [1.807, 2.05) is 30.3 Å². The maximum atomic E-state index is 14.4. The highest BCUT2D eigenvalue weighted by Gasteiger charge is 2.24. The van der Waals surface area contributed by atoms with Crippen LogP contribution in [0.15, 0.2) is 79.1 Å². The maximum Gasteiger partial charge on any atom is 0.325 e. The van der Waals surface area contributed by atoms with Crippen molar-refractivity contribution in [2.75, 3.05) is 6.61 Å². The molecule has 1 amide bonds. The van der Waals surface area contributed by atoms with Crippen molar-refractivity contribution in [2.45, 2.75) is 25.7 Å². The Morgan fingerprint density at radius 3 is 2.72 bits per heavy atom. The van der Waals surface area contributed by atoms with Gasteiger partial charge in [-0.05, 0) is 23.8 Å². The molecule has 1 aliphatic heterocycles. The first-order valence-corrected chi connectivity index (χ1v) is 11.1. The van der Waals surface area contributed by atoms with Crippen LogP contribution in [0.2, 0.25) is 0 Å². The molecule has 36 heavy (non-hydrogen) atoms. The number of ether oxygens (including phenoxy) is 4. The minimum atomic E-state index is -1.01. The van der Waals surface area contributed by atoms with Gasteiger partial charge in [-0.1, -0.05) is 36.4 Å². The number of carbonyl (C=O) groups excluding carboxylic acids is 1. The van der Waals surface area contributed by atoms with E-state index in [-0.39, 0.29) is 48.3 Å². The minimum absolute atomic E-state index is 0.00728. The summed E-state index contributed by atoms with van der Waals surface area (Å²) in [7, 11) is 0. The zero-order valence-corrected chi connectivity index (χ0v) is 19.1. The lowest BCUT2D eigenvalue weighted by atomic mass is 10.1. The van der Waals surface area contributed by atoms with E-state index in [1.54, 1.807) is 6.07 Å². The van der Waals surface area contributed by atoms with Gasteiger partial charge in [-0.3, -0.25) is 9.59 Å². The number of carbonyl (C=O) groups is 2. The first-order chi connectivity index (χ1) is 17.5. The van der Waals surface area contributed by atoms with Crippen molar-refractivity contribution in [1.82, 2.24) is 10.3 Å². The average molecular weight is 494 g/mol. The first-order valence-electron chi connectivity index (χ1n) is 11.1. The number of pyridine rings is 1. The van der Waals surface area contributed by atoms with Crippen LogP contribution in [0.4, 0.5) is 4.39 Å². The summed E-state index contributed by atoms with van der Waals surface area (Å²) in [6, 6.07) is 16.9. The number of benzene rings is 2. The highest BCUT2D eigenvalue weighted by Crippen LogP contribution is 2.24. The molecular formula is C26H23FN2O7. The second-order valence-electron chi connectivity index (χ2n) is 7.70. The quantitative estimate of drug-likeness (QED) is 0.414. The van der Waals surface area contributed by atoms with Gasteiger partial charge in [0.05, 0.1) is 13.0 Å². The summed E-state index contributed by atoms with van der Waals surface area (Å²) in [5.74, 6) is -1.87. The van der Waals surface area contributed by atoms with Crippen LogP contribution in [0, 0.1) is 5.82 Å². The number of nitrogens with one attached hydrogen (secondary N) is 1. The lowest BCUT2D eigenvalue weighted by Gasteiger charge is -2.13. The van der Waals surface area contributed by atoms with Crippen LogP contribution in [-0.4, -0.2) is 34.9 Å². The molecule has 0 saturated carbocycles. The Morgan fingerprint density at radius 1 is 1.11 bits per heavy atom. The van der Waals surface area contributed by atoms with Crippen LogP contribution < -0.4 is 14.8 Å². The Morgan fingerprint density at radius 2 is 1.94 bits per heavy atom. The fraction of sp³-hybridized carbons (Fsp3) is 0.192. The van der Waals surface area contributed by atoms with Crippen LogP contribution in [0.3, 0.4) is 0 Å². The normalized spacial score (nSPS) is 14.2. The third-order valence-corrected chi connectivity index (χ3v) is 5.07. The standard InChI is InChI=1S/C26H23FN2O7/c27-21-14-19(33-12-10-22(30)31)9-8-18(21)15-29-25(32)20-7-4-11-28-26(20)36-24-16-34-23(35-24)13-17-5-2-1-3-6-17/h1-9,11,14,16,23H,10,12-13,15H2,(H,29,32)(H,30,31). The second-order valence-corrected chi connectivity index (χ2v) is 7.70. The van der Waals surface area contributed by atoms with E-state index in [0.29, 0.717) is 6.42 Å². The minimum Gasteiger partial charge on any atom is -0.493 e. The molecule has 0 radical (unpaired) electrons. The molecule has 2 N–H and O–H groups in total. The Kier molecular flexibility index (Phi) is 7.97. The van der Waals surface area contributed by atoms with Crippen molar-refractivity contribution >= 4 is 11.9 Å². The highest BCUT2D eigenvalue weighted by molar-refractivity contribution is 5.96. The molecule has 2 heterocycles. The van der Waals surface area contributed by atoms with Gasteiger partial charge in [-0.25, -0.2) is 9.37 Å². The number of hydrogen-bond donors (Lipinski definition) is 2. The van der Waals surface area contributed by atoms with Gasteiger partial charge in [0.25, 0.3) is 5.91 Å². The van der Waals surface area contributed by atoms with Gasteiger partial charge in [-0.15, -0.1) is 0 Å². The Labute approximate surface area is 206 Å². The Bertz CT molecular complexity index is 1250. The predicted molar refractivity (Wildman–Crippen MR) is 124 cm³/mol. The van der Waals surface area contributed by atoms with Gasteiger partial charge >= 0.3 is 11.9 Å². The number of aliphatic carboxylic acids is 1. The van der Waals surface area contributed by atoms with Crippen molar-refractivity contribution in [1.29, 1.82) is 0 Å². The van der Waals surface area contributed by atoms with Gasteiger partial charge in [0.1, 0.15) is 17.1 Å². The zero-order valence-electron chi connectivity index (χ0n) is 19.1. The van der Waals surface area contributed by atoms with Crippen LogP contribution in [0.25, 0.3) is 0 Å². The van der Waals surface area contributed by atoms with E-state index in [1.165, 1.54) is 30.7 Å². The molecule has 10 heteroatoms. The fourth-order valence-corrected chi connectivity index (χ4v) is 3.29. The molecule has 4 rings (SSSR count). The van der Waals surface area contributed by atoms with E-state index < -0.39 is 24.0 Å². The topological polar surface area (TPSA) is 116 Å². The molecule has 0 saturated heterocycles.